The Kier molecular flexibility index (Phi) is 10.7. The summed E-state index contributed by atoms with van der Waals surface area (Å²) in [5, 5.41) is 38.6. The molecule has 0 bridgehead atoms. The number of fused-ring (bicyclic) bond motifs is 2. The van der Waals surface area contributed by atoms with Crippen LogP contribution in [0.4, 0.5) is 4.39 Å². The minimum Gasteiger partial charge on any atom is -0.481 e. The van der Waals surface area contributed by atoms with E-state index in [0.717, 1.165) is 37.1 Å². The number of hydrogen-bond acceptors (Lipinski definition) is 8. The summed E-state index contributed by atoms with van der Waals surface area (Å²) in [6.45, 7) is 3.26. The standard InChI is InChI=1S/C21H26ClFN4O2.C6H8O7/c1-25(2)20(28)16(12-27-13-17(22)10-24-27)11-26-7-5-21(6-8-26)19-9-18(23)4-3-15(19)14-29-21;7-3(8)1-6(13,5(11)12)2-4(9)10/h3-4,9-10,13,16H,5-8,11-12,14H2,1-2H3;13H,1-2H2,(H,7,8)(H,9,10)(H,11,12). The van der Waals surface area contributed by atoms with Crippen LogP contribution in [0.25, 0.3) is 0 Å². The van der Waals surface area contributed by atoms with E-state index in [2.05, 4.69) is 10.00 Å². The molecule has 3 heterocycles. The number of carbonyl (C=O) groups excluding carboxylic acids is 1. The predicted octanol–water partition coefficient (Wildman–Crippen LogP) is 1.65. The number of carboxylic acids is 3. The van der Waals surface area contributed by atoms with Gasteiger partial charge in [0.25, 0.3) is 0 Å². The lowest BCUT2D eigenvalue weighted by molar-refractivity contribution is -0.170. The number of piperidine rings is 1. The maximum atomic E-state index is 13.8. The summed E-state index contributed by atoms with van der Waals surface area (Å²) in [7, 11) is 3.54. The van der Waals surface area contributed by atoms with Crippen molar-refractivity contribution >= 4 is 35.4 Å². The molecular weight excluding hydrogens is 579 g/mol. The van der Waals surface area contributed by atoms with E-state index in [1.165, 1.54) is 6.07 Å². The van der Waals surface area contributed by atoms with Crippen molar-refractivity contribution in [2.45, 2.75) is 50.0 Å². The number of rotatable bonds is 10. The fourth-order valence-corrected chi connectivity index (χ4v) is 5.33. The second kappa shape index (κ2) is 13.6. The molecule has 1 spiro atoms. The molecule has 42 heavy (non-hydrogen) atoms. The third kappa shape index (κ3) is 8.25. The molecule has 2 aromatic rings. The van der Waals surface area contributed by atoms with Gasteiger partial charge in [0, 0.05) is 39.9 Å². The molecule has 4 N–H and O–H groups in total. The summed E-state index contributed by atoms with van der Waals surface area (Å²) in [6, 6.07) is 4.94. The van der Waals surface area contributed by atoms with Gasteiger partial charge in [-0.05, 0) is 36.1 Å². The number of carboxylic acid groups (broad SMARTS) is 3. The number of nitrogens with zero attached hydrogens (tertiary/aromatic N) is 4. The van der Waals surface area contributed by atoms with Gasteiger partial charge in [0.05, 0.1) is 48.7 Å². The van der Waals surface area contributed by atoms with Crippen molar-refractivity contribution in [3.63, 3.8) is 0 Å². The summed E-state index contributed by atoms with van der Waals surface area (Å²) in [4.78, 5) is 47.1. The van der Waals surface area contributed by atoms with Crippen molar-refractivity contribution in [3.8, 4) is 0 Å². The van der Waals surface area contributed by atoms with Crippen molar-refractivity contribution < 1.29 is 48.7 Å². The Hall–Kier alpha value is -3.59. The quantitative estimate of drug-likeness (QED) is 0.306. The highest BCUT2D eigenvalue weighted by molar-refractivity contribution is 6.30. The van der Waals surface area contributed by atoms with Gasteiger partial charge in [-0.2, -0.15) is 5.10 Å². The van der Waals surface area contributed by atoms with Gasteiger partial charge < -0.3 is 35.0 Å². The fraction of sp³-hybridized carbons (Fsp3) is 0.519. The van der Waals surface area contributed by atoms with Gasteiger partial charge in [-0.25, -0.2) is 9.18 Å². The van der Waals surface area contributed by atoms with Crippen LogP contribution in [0.1, 0.15) is 36.8 Å². The first-order valence-corrected chi connectivity index (χ1v) is 13.5. The van der Waals surface area contributed by atoms with Crippen molar-refractivity contribution in [3.05, 3.63) is 52.6 Å². The van der Waals surface area contributed by atoms with Crippen molar-refractivity contribution in [1.82, 2.24) is 19.6 Å². The molecule has 1 unspecified atom stereocenters. The number of aliphatic carboxylic acids is 3. The normalized spacial score (nSPS) is 16.7. The highest BCUT2D eigenvalue weighted by Gasteiger charge is 2.43. The maximum absolute atomic E-state index is 13.8. The van der Waals surface area contributed by atoms with Crippen LogP contribution >= 0.6 is 11.6 Å². The molecule has 1 fully saturated rings. The molecule has 0 radical (unpaired) electrons. The average Bonchev–Trinajstić information content (AvgIpc) is 3.46. The van der Waals surface area contributed by atoms with Crippen molar-refractivity contribution in [2.75, 3.05) is 33.7 Å². The first-order valence-electron chi connectivity index (χ1n) is 13.1. The Labute approximate surface area is 246 Å². The molecule has 1 aromatic carbocycles. The van der Waals surface area contributed by atoms with Crippen LogP contribution in [0.5, 0.6) is 0 Å². The molecule has 1 amide bonds. The second-order valence-corrected chi connectivity index (χ2v) is 11.1. The molecule has 1 aromatic heterocycles. The third-order valence-electron chi connectivity index (χ3n) is 7.29. The van der Waals surface area contributed by atoms with Crippen LogP contribution in [-0.2, 0) is 42.7 Å². The first kappa shape index (κ1) is 32.9. The van der Waals surface area contributed by atoms with E-state index in [9.17, 15) is 23.6 Å². The van der Waals surface area contributed by atoms with Gasteiger partial charge in [-0.3, -0.25) is 19.1 Å². The monoisotopic (exact) mass is 612 g/mol. The summed E-state index contributed by atoms with van der Waals surface area (Å²) < 4.78 is 21.7. The zero-order valence-electron chi connectivity index (χ0n) is 23.2. The molecule has 0 saturated carbocycles. The Bertz CT molecular complexity index is 1290. The molecule has 2 aliphatic heterocycles. The molecular formula is C27H34ClFN4O9. The summed E-state index contributed by atoms with van der Waals surface area (Å²) in [5.74, 6) is -5.38. The second-order valence-electron chi connectivity index (χ2n) is 10.7. The Balaban J connectivity index is 0.000000316. The number of ether oxygens (including phenoxy) is 1. The summed E-state index contributed by atoms with van der Waals surface area (Å²) in [6.07, 6.45) is 2.61. The molecule has 15 heteroatoms. The van der Waals surface area contributed by atoms with Gasteiger partial charge >= 0.3 is 17.9 Å². The number of benzene rings is 1. The van der Waals surface area contributed by atoms with Crippen LogP contribution in [0.15, 0.2) is 30.6 Å². The molecule has 0 aliphatic carbocycles. The lowest BCUT2D eigenvalue weighted by Gasteiger charge is -2.40. The van der Waals surface area contributed by atoms with E-state index in [1.807, 2.05) is 6.07 Å². The van der Waals surface area contributed by atoms with Crippen LogP contribution in [0, 0.1) is 11.7 Å². The van der Waals surface area contributed by atoms with Gasteiger partial charge in [0.15, 0.2) is 5.60 Å². The Morgan fingerprint density at radius 3 is 2.24 bits per heavy atom. The third-order valence-corrected chi connectivity index (χ3v) is 7.49. The number of halogens is 2. The SMILES string of the molecule is CN(C)C(=O)C(CN1CCC2(CC1)OCc1ccc(F)cc12)Cn1cc(Cl)cn1.O=C(O)CC(O)(CC(=O)O)C(=O)O. The van der Waals surface area contributed by atoms with Crippen LogP contribution in [0.3, 0.4) is 0 Å². The Morgan fingerprint density at radius 1 is 1.12 bits per heavy atom. The number of amides is 1. The van der Waals surface area contributed by atoms with E-state index in [4.69, 9.17) is 36.8 Å². The van der Waals surface area contributed by atoms with E-state index < -0.39 is 42.0 Å². The largest absolute Gasteiger partial charge is 0.481 e. The topological polar surface area (TPSA) is 183 Å². The number of hydrogen-bond donors (Lipinski definition) is 4. The van der Waals surface area contributed by atoms with Crippen LogP contribution < -0.4 is 0 Å². The van der Waals surface area contributed by atoms with Crippen molar-refractivity contribution in [2.24, 2.45) is 5.92 Å². The zero-order chi connectivity index (χ0) is 31.2. The fourth-order valence-electron chi connectivity index (χ4n) is 5.17. The number of aliphatic hydroxyl groups is 1. The number of likely N-dealkylation sites (tertiary alicyclic amines) is 1. The zero-order valence-corrected chi connectivity index (χ0v) is 24.0. The predicted molar refractivity (Wildman–Crippen MR) is 145 cm³/mol. The van der Waals surface area contributed by atoms with E-state index in [-0.39, 0.29) is 17.6 Å². The Morgan fingerprint density at radius 2 is 1.74 bits per heavy atom. The number of carbonyl (C=O) groups is 4. The van der Waals surface area contributed by atoms with Gasteiger partial charge in [-0.1, -0.05) is 17.7 Å². The lowest BCUT2D eigenvalue weighted by Crippen LogP contribution is -2.47. The molecule has 1 saturated heterocycles. The minimum absolute atomic E-state index is 0.0708. The molecule has 2 aliphatic rings. The minimum atomic E-state index is -2.74. The molecule has 230 valence electrons. The summed E-state index contributed by atoms with van der Waals surface area (Å²) in [5.41, 5.74) is -1.07. The van der Waals surface area contributed by atoms with Gasteiger partial charge in [0.2, 0.25) is 5.91 Å². The lowest BCUT2D eigenvalue weighted by atomic mass is 9.83. The van der Waals surface area contributed by atoms with Crippen LogP contribution in [-0.4, -0.2) is 103 Å². The first-order chi connectivity index (χ1) is 19.6. The van der Waals surface area contributed by atoms with E-state index in [1.54, 1.807) is 42.1 Å². The maximum Gasteiger partial charge on any atom is 0.336 e. The van der Waals surface area contributed by atoms with Gasteiger partial charge in [0.1, 0.15) is 5.82 Å². The van der Waals surface area contributed by atoms with Gasteiger partial charge in [-0.15, -0.1) is 0 Å². The van der Waals surface area contributed by atoms with Crippen LogP contribution in [0.2, 0.25) is 5.02 Å². The molecule has 13 nitrogen and oxygen atoms in total. The van der Waals surface area contributed by atoms with E-state index in [0.29, 0.717) is 24.7 Å². The van der Waals surface area contributed by atoms with E-state index >= 15 is 0 Å². The molecule has 1 atom stereocenters. The number of aromatic nitrogens is 2. The highest BCUT2D eigenvalue weighted by Crippen LogP contribution is 2.44. The summed E-state index contributed by atoms with van der Waals surface area (Å²) >= 11 is 5.97. The smallest absolute Gasteiger partial charge is 0.336 e. The molecule has 4 rings (SSSR count). The highest BCUT2D eigenvalue weighted by atomic mass is 35.5. The van der Waals surface area contributed by atoms with Crippen molar-refractivity contribution in [1.29, 1.82) is 0 Å². The average molecular weight is 613 g/mol.